The minimum absolute atomic E-state index is 0.111. The van der Waals surface area contributed by atoms with Crippen molar-refractivity contribution in [3.63, 3.8) is 0 Å². The molecule has 1 aromatic rings. The molecule has 2 rings (SSSR count). The molecule has 3 heteroatoms. The molecule has 1 aliphatic rings. The molecule has 0 bridgehead atoms. The van der Waals surface area contributed by atoms with Crippen molar-refractivity contribution >= 4 is 6.08 Å². The predicted molar refractivity (Wildman–Crippen MR) is 62.9 cm³/mol. The molecule has 0 saturated carbocycles. The third-order valence-corrected chi connectivity index (χ3v) is 2.96. The van der Waals surface area contributed by atoms with Crippen molar-refractivity contribution in [3.8, 4) is 11.5 Å². The second-order valence-electron chi connectivity index (χ2n) is 3.82. The number of hydrogen-bond acceptors (Lipinski definition) is 3. The van der Waals surface area contributed by atoms with Crippen molar-refractivity contribution in [2.24, 2.45) is 0 Å². The molecule has 0 unspecified atom stereocenters. The Hall–Kier alpha value is -1.48. The van der Waals surface area contributed by atoms with Gasteiger partial charge in [-0.3, -0.25) is 0 Å². The van der Waals surface area contributed by atoms with E-state index in [2.05, 4.69) is 0 Å². The van der Waals surface area contributed by atoms with E-state index in [1.54, 1.807) is 14.2 Å². The first-order valence-corrected chi connectivity index (χ1v) is 5.34. The Morgan fingerprint density at radius 1 is 1.12 bits per heavy atom. The lowest BCUT2D eigenvalue weighted by atomic mass is 9.91. The number of aliphatic hydroxyl groups excluding tert-OH is 1. The van der Waals surface area contributed by atoms with Gasteiger partial charge in [0.25, 0.3) is 0 Å². The number of ether oxygens (including phenoxy) is 2. The summed E-state index contributed by atoms with van der Waals surface area (Å²) in [5.41, 5.74) is 3.25. The van der Waals surface area contributed by atoms with Gasteiger partial charge in [0.1, 0.15) is 11.5 Å². The van der Waals surface area contributed by atoms with Crippen LogP contribution in [0.4, 0.5) is 0 Å². The van der Waals surface area contributed by atoms with Gasteiger partial charge in [-0.15, -0.1) is 0 Å². The van der Waals surface area contributed by atoms with Crippen LogP contribution in [0.5, 0.6) is 11.5 Å². The maximum atomic E-state index is 9.17. The maximum absolute atomic E-state index is 9.17. The number of fused-ring (bicyclic) bond motifs is 1. The predicted octanol–water partition coefficient (Wildman–Crippen LogP) is 2.03. The fraction of sp³-hybridized carbons (Fsp3) is 0.385. The van der Waals surface area contributed by atoms with E-state index in [1.807, 2.05) is 18.2 Å². The molecule has 0 spiro atoms. The molecule has 0 radical (unpaired) electrons. The van der Waals surface area contributed by atoms with Gasteiger partial charge in [-0.1, -0.05) is 0 Å². The number of hydrogen-bond donors (Lipinski definition) is 1. The minimum Gasteiger partial charge on any atom is -0.496 e. The van der Waals surface area contributed by atoms with Gasteiger partial charge in [-0.25, -0.2) is 0 Å². The van der Waals surface area contributed by atoms with Crippen molar-refractivity contribution in [1.29, 1.82) is 0 Å². The summed E-state index contributed by atoms with van der Waals surface area (Å²) in [6.07, 6.45) is 3.77. The van der Waals surface area contributed by atoms with Crippen LogP contribution in [0.3, 0.4) is 0 Å². The molecule has 0 heterocycles. The molecule has 1 N–H and O–H groups in total. The van der Waals surface area contributed by atoms with Gasteiger partial charge in [0.2, 0.25) is 0 Å². The molecule has 0 fully saturated rings. The maximum Gasteiger partial charge on any atom is 0.126 e. The molecular formula is C13H16O3. The first-order valence-electron chi connectivity index (χ1n) is 5.34. The summed E-state index contributed by atoms with van der Waals surface area (Å²) < 4.78 is 10.7. The van der Waals surface area contributed by atoms with E-state index >= 15 is 0 Å². The van der Waals surface area contributed by atoms with Crippen molar-refractivity contribution in [2.45, 2.75) is 12.8 Å². The van der Waals surface area contributed by atoms with E-state index in [4.69, 9.17) is 14.6 Å². The van der Waals surface area contributed by atoms with Crippen LogP contribution in [0.25, 0.3) is 6.08 Å². The average molecular weight is 220 g/mol. The van der Waals surface area contributed by atoms with Crippen molar-refractivity contribution in [2.75, 3.05) is 20.8 Å². The molecule has 3 nitrogen and oxygen atoms in total. The van der Waals surface area contributed by atoms with Gasteiger partial charge >= 0.3 is 0 Å². The fourth-order valence-corrected chi connectivity index (χ4v) is 2.10. The van der Waals surface area contributed by atoms with Crippen LogP contribution in [0.1, 0.15) is 17.5 Å². The smallest absolute Gasteiger partial charge is 0.126 e. The zero-order chi connectivity index (χ0) is 11.5. The largest absolute Gasteiger partial charge is 0.496 e. The van der Waals surface area contributed by atoms with Crippen molar-refractivity contribution in [1.82, 2.24) is 0 Å². The average Bonchev–Trinajstić information content (AvgIpc) is 2.36. The van der Waals surface area contributed by atoms with E-state index in [0.717, 1.165) is 35.5 Å². The number of benzene rings is 1. The molecule has 1 aromatic carbocycles. The molecule has 0 atom stereocenters. The van der Waals surface area contributed by atoms with E-state index in [9.17, 15) is 0 Å². The first kappa shape index (κ1) is 11.0. The van der Waals surface area contributed by atoms with Crippen LogP contribution in [0.15, 0.2) is 17.7 Å². The Morgan fingerprint density at radius 2 is 1.81 bits per heavy atom. The minimum atomic E-state index is 0.111. The molecule has 86 valence electrons. The summed E-state index contributed by atoms with van der Waals surface area (Å²) in [7, 11) is 3.33. The Bertz CT molecular complexity index is 421. The lowest BCUT2D eigenvalue weighted by Gasteiger charge is -2.20. The van der Waals surface area contributed by atoms with Crippen molar-refractivity contribution < 1.29 is 14.6 Å². The Morgan fingerprint density at radius 3 is 2.44 bits per heavy atom. The van der Waals surface area contributed by atoms with Gasteiger partial charge in [0.05, 0.1) is 20.8 Å². The van der Waals surface area contributed by atoms with E-state index in [-0.39, 0.29) is 6.61 Å². The fourth-order valence-electron chi connectivity index (χ4n) is 2.10. The quantitative estimate of drug-likeness (QED) is 0.847. The standard InChI is InChI=1S/C13H16O3/c1-15-12-5-6-13(16-2)11-7-9(8-14)3-4-10(11)12/h5-7,14H,3-4,8H2,1-2H3. The molecule has 0 saturated heterocycles. The highest BCUT2D eigenvalue weighted by atomic mass is 16.5. The van der Waals surface area contributed by atoms with Gasteiger partial charge < -0.3 is 14.6 Å². The van der Waals surface area contributed by atoms with Gasteiger partial charge in [0, 0.05) is 11.1 Å². The number of aliphatic hydroxyl groups is 1. The lowest BCUT2D eigenvalue weighted by molar-refractivity contribution is 0.326. The summed E-state index contributed by atoms with van der Waals surface area (Å²) in [6.45, 7) is 0.111. The molecule has 0 aromatic heterocycles. The zero-order valence-electron chi connectivity index (χ0n) is 9.62. The summed E-state index contributed by atoms with van der Waals surface area (Å²) >= 11 is 0. The van der Waals surface area contributed by atoms with Crippen LogP contribution in [-0.2, 0) is 6.42 Å². The van der Waals surface area contributed by atoms with Gasteiger partial charge in [-0.2, -0.15) is 0 Å². The van der Waals surface area contributed by atoms with Crippen LogP contribution in [-0.4, -0.2) is 25.9 Å². The van der Waals surface area contributed by atoms with E-state index < -0.39 is 0 Å². The summed E-state index contributed by atoms with van der Waals surface area (Å²) in [4.78, 5) is 0. The highest BCUT2D eigenvalue weighted by molar-refractivity contribution is 5.68. The molecule has 1 aliphatic carbocycles. The summed E-state index contributed by atoms with van der Waals surface area (Å²) in [6, 6.07) is 3.82. The highest BCUT2D eigenvalue weighted by Gasteiger charge is 2.17. The highest BCUT2D eigenvalue weighted by Crippen LogP contribution is 2.36. The van der Waals surface area contributed by atoms with Gasteiger partial charge in [0.15, 0.2) is 0 Å². The molecular weight excluding hydrogens is 204 g/mol. The second-order valence-corrected chi connectivity index (χ2v) is 3.82. The first-order chi connectivity index (χ1) is 7.80. The van der Waals surface area contributed by atoms with E-state index in [1.165, 1.54) is 5.56 Å². The van der Waals surface area contributed by atoms with Crippen molar-refractivity contribution in [3.05, 3.63) is 28.8 Å². The lowest BCUT2D eigenvalue weighted by Crippen LogP contribution is -2.06. The Balaban J connectivity index is 2.55. The van der Waals surface area contributed by atoms with Crippen LogP contribution in [0.2, 0.25) is 0 Å². The summed E-state index contributed by atoms with van der Waals surface area (Å²) in [5, 5.41) is 9.17. The molecule has 16 heavy (non-hydrogen) atoms. The Labute approximate surface area is 95.3 Å². The van der Waals surface area contributed by atoms with Gasteiger partial charge in [-0.05, 0) is 36.6 Å². The van der Waals surface area contributed by atoms with Crippen LogP contribution >= 0.6 is 0 Å². The van der Waals surface area contributed by atoms with Crippen LogP contribution < -0.4 is 9.47 Å². The molecule has 0 aliphatic heterocycles. The van der Waals surface area contributed by atoms with Crippen LogP contribution in [0, 0.1) is 0 Å². The summed E-state index contributed by atoms with van der Waals surface area (Å²) in [5.74, 6) is 1.73. The topological polar surface area (TPSA) is 38.7 Å². The number of methoxy groups -OCH3 is 2. The second kappa shape index (κ2) is 4.58. The zero-order valence-corrected chi connectivity index (χ0v) is 9.62. The van der Waals surface area contributed by atoms with E-state index in [0.29, 0.717) is 0 Å². The normalized spacial score (nSPS) is 14.1. The third kappa shape index (κ3) is 1.78. The number of rotatable bonds is 3. The SMILES string of the molecule is COc1ccc(OC)c2c1C=C(CO)CC2. The molecule has 0 amide bonds. The Kier molecular flexibility index (Phi) is 3.15. The monoisotopic (exact) mass is 220 g/mol. The third-order valence-electron chi connectivity index (χ3n) is 2.96.